The van der Waals surface area contributed by atoms with Crippen molar-refractivity contribution in [3.63, 3.8) is 0 Å². The Morgan fingerprint density at radius 2 is 2.26 bits per heavy atom. The maximum Gasteiger partial charge on any atom is 0.350 e. The van der Waals surface area contributed by atoms with Crippen molar-refractivity contribution in [2.24, 2.45) is 7.05 Å². The van der Waals surface area contributed by atoms with E-state index in [0.29, 0.717) is 0 Å². The Kier molecular flexibility index (Phi) is 3.15. The predicted octanol–water partition coefficient (Wildman–Crippen LogP) is 1.82. The van der Waals surface area contributed by atoms with Crippen LogP contribution in [0.2, 0.25) is 0 Å². The fourth-order valence-corrected chi connectivity index (χ4v) is 1.46. The fraction of sp³-hybridized carbons (Fsp3) is 0.0909. The molecule has 0 atom stereocenters. The summed E-state index contributed by atoms with van der Waals surface area (Å²) in [5, 5.41) is 23.4. The van der Waals surface area contributed by atoms with E-state index in [0.717, 1.165) is 0 Å². The fourth-order valence-electron chi connectivity index (χ4n) is 1.46. The Labute approximate surface area is 107 Å². The summed E-state index contributed by atoms with van der Waals surface area (Å²) in [6.45, 7) is 0. The van der Waals surface area contributed by atoms with Gasteiger partial charge in [0.2, 0.25) is 0 Å². The summed E-state index contributed by atoms with van der Waals surface area (Å²) >= 11 is 0. The lowest BCUT2D eigenvalue weighted by Gasteiger charge is -2.02. The molecule has 19 heavy (non-hydrogen) atoms. The van der Waals surface area contributed by atoms with Gasteiger partial charge in [-0.3, -0.25) is 14.8 Å². The number of aryl methyl sites for hydroxylation is 1. The number of benzene rings is 1. The molecule has 8 nitrogen and oxygen atoms in total. The number of ether oxygens (including phenoxy) is 1. The van der Waals surface area contributed by atoms with Crippen LogP contribution in [0, 0.1) is 10.1 Å². The Morgan fingerprint density at radius 3 is 2.89 bits per heavy atom. The van der Waals surface area contributed by atoms with Gasteiger partial charge >= 0.3 is 17.5 Å². The molecule has 0 aliphatic carbocycles. The summed E-state index contributed by atoms with van der Waals surface area (Å²) in [6.07, 6.45) is 1.20. The summed E-state index contributed by atoms with van der Waals surface area (Å²) < 4.78 is 6.49. The highest BCUT2D eigenvalue weighted by Crippen LogP contribution is 2.29. The van der Waals surface area contributed by atoms with Crippen LogP contribution in [0.4, 0.5) is 5.69 Å². The molecule has 0 bridgehead atoms. The molecule has 1 aromatic carbocycles. The Bertz CT molecular complexity index is 650. The largest absolute Gasteiger partial charge is 0.478 e. The summed E-state index contributed by atoms with van der Waals surface area (Å²) in [6, 6.07) is 5.63. The van der Waals surface area contributed by atoms with Gasteiger partial charge in [-0.1, -0.05) is 6.07 Å². The van der Waals surface area contributed by atoms with E-state index in [2.05, 4.69) is 5.10 Å². The summed E-state index contributed by atoms with van der Waals surface area (Å²) in [5.41, 5.74) is -0.265. The van der Waals surface area contributed by atoms with Gasteiger partial charge in [-0.05, 0) is 18.2 Å². The maximum absolute atomic E-state index is 10.8. The van der Waals surface area contributed by atoms with Gasteiger partial charge in [-0.15, -0.1) is 5.10 Å². The minimum Gasteiger partial charge on any atom is -0.478 e. The van der Waals surface area contributed by atoms with Gasteiger partial charge in [0.25, 0.3) is 0 Å². The summed E-state index contributed by atoms with van der Waals surface area (Å²) in [5.74, 6) is -1.13. The van der Waals surface area contributed by atoms with Crippen molar-refractivity contribution in [2.45, 2.75) is 0 Å². The molecule has 1 aromatic heterocycles. The molecule has 0 aliphatic heterocycles. The molecule has 98 valence electrons. The predicted molar refractivity (Wildman–Crippen MR) is 63.3 cm³/mol. The number of hydrogen-bond donors (Lipinski definition) is 1. The molecule has 0 saturated carbocycles. The zero-order chi connectivity index (χ0) is 14.0. The Hall–Kier alpha value is -2.90. The molecule has 0 radical (unpaired) electrons. The van der Waals surface area contributed by atoms with Crippen LogP contribution in [-0.4, -0.2) is 25.8 Å². The standard InChI is InChI=1S/C11H9N3O5/c1-13-6-9(14(17)18)10(12-13)19-8-4-2-3-7(5-8)11(15)16/h2-6H,1H3,(H,15,16). The minimum absolute atomic E-state index is 0.0242. The lowest BCUT2D eigenvalue weighted by molar-refractivity contribution is -0.385. The number of carboxylic acids is 1. The number of carboxylic acid groups (broad SMARTS) is 1. The summed E-state index contributed by atoms with van der Waals surface area (Å²) in [7, 11) is 1.52. The third kappa shape index (κ3) is 2.68. The smallest absolute Gasteiger partial charge is 0.350 e. The molecule has 0 amide bonds. The molecule has 0 fully saturated rings. The minimum atomic E-state index is -1.11. The van der Waals surface area contributed by atoms with Crippen molar-refractivity contribution >= 4 is 11.7 Å². The number of nitrogens with zero attached hydrogens (tertiary/aromatic N) is 3. The van der Waals surface area contributed by atoms with Crippen LogP contribution in [0.25, 0.3) is 0 Å². The van der Waals surface area contributed by atoms with Crippen LogP contribution in [0.3, 0.4) is 0 Å². The van der Waals surface area contributed by atoms with E-state index in [4.69, 9.17) is 9.84 Å². The molecule has 0 spiro atoms. The normalized spacial score (nSPS) is 10.2. The van der Waals surface area contributed by atoms with E-state index in [1.807, 2.05) is 0 Å². The highest BCUT2D eigenvalue weighted by molar-refractivity contribution is 5.88. The molecule has 0 saturated heterocycles. The first kappa shape index (κ1) is 12.6. The van der Waals surface area contributed by atoms with Crippen LogP contribution < -0.4 is 4.74 Å². The van der Waals surface area contributed by atoms with Gasteiger partial charge in [-0.25, -0.2) is 4.79 Å². The van der Waals surface area contributed by atoms with E-state index in [9.17, 15) is 14.9 Å². The van der Waals surface area contributed by atoms with Crippen molar-refractivity contribution in [3.05, 3.63) is 46.1 Å². The molecule has 2 aromatic rings. The third-order valence-corrected chi connectivity index (χ3v) is 2.27. The first-order valence-corrected chi connectivity index (χ1v) is 5.16. The molecule has 1 N–H and O–H groups in total. The van der Waals surface area contributed by atoms with Crippen molar-refractivity contribution < 1.29 is 19.6 Å². The van der Waals surface area contributed by atoms with Gasteiger partial charge in [-0.2, -0.15) is 0 Å². The number of carbonyl (C=O) groups is 1. The van der Waals surface area contributed by atoms with Gasteiger partial charge in [0.1, 0.15) is 11.9 Å². The zero-order valence-electron chi connectivity index (χ0n) is 9.81. The molecular weight excluding hydrogens is 254 g/mol. The second kappa shape index (κ2) is 4.77. The number of aromatic nitrogens is 2. The molecule has 1 heterocycles. The first-order valence-electron chi connectivity index (χ1n) is 5.16. The van der Waals surface area contributed by atoms with E-state index >= 15 is 0 Å². The van der Waals surface area contributed by atoms with Crippen molar-refractivity contribution in [1.29, 1.82) is 0 Å². The lowest BCUT2D eigenvalue weighted by Crippen LogP contribution is -1.97. The number of aromatic carboxylic acids is 1. The zero-order valence-corrected chi connectivity index (χ0v) is 9.81. The second-order valence-electron chi connectivity index (χ2n) is 3.69. The number of hydrogen-bond acceptors (Lipinski definition) is 5. The maximum atomic E-state index is 10.8. The van der Waals surface area contributed by atoms with Crippen molar-refractivity contribution in [2.75, 3.05) is 0 Å². The molecule has 8 heteroatoms. The van der Waals surface area contributed by atoms with E-state index in [1.165, 1.54) is 42.2 Å². The van der Waals surface area contributed by atoms with E-state index in [1.54, 1.807) is 0 Å². The van der Waals surface area contributed by atoms with Crippen LogP contribution in [0.5, 0.6) is 11.6 Å². The second-order valence-corrected chi connectivity index (χ2v) is 3.69. The molecule has 0 aliphatic rings. The highest BCUT2D eigenvalue weighted by atomic mass is 16.6. The van der Waals surface area contributed by atoms with Crippen LogP contribution in [0.15, 0.2) is 30.5 Å². The van der Waals surface area contributed by atoms with Crippen LogP contribution in [0.1, 0.15) is 10.4 Å². The van der Waals surface area contributed by atoms with Crippen molar-refractivity contribution in [3.8, 4) is 11.6 Å². The van der Waals surface area contributed by atoms with Crippen LogP contribution >= 0.6 is 0 Å². The van der Waals surface area contributed by atoms with E-state index in [-0.39, 0.29) is 22.9 Å². The lowest BCUT2D eigenvalue weighted by atomic mass is 10.2. The molecule has 0 unspecified atom stereocenters. The average Bonchev–Trinajstić information content (AvgIpc) is 2.70. The average molecular weight is 263 g/mol. The highest BCUT2D eigenvalue weighted by Gasteiger charge is 2.21. The van der Waals surface area contributed by atoms with Gasteiger partial charge in [0, 0.05) is 7.05 Å². The van der Waals surface area contributed by atoms with Gasteiger partial charge < -0.3 is 9.84 Å². The van der Waals surface area contributed by atoms with Crippen LogP contribution in [-0.2, 0) is 7.05 Å². The molecular formula is C11H9N3O5. The Balaban J connectivity index is 2.33. The van der Waals surface area contributed by atoms with Gasteiger partial charge in [0.05, 0.1) is 10.5 Å². The first-order chi connectivity index (χ1) is 8.97. The SMILES string of the molecule is Cn1cc([N+](=O)[O-])c(Oc2cccc(C(=O)O)c2)n1. The summed E-state index contributed by atoms with van der Waals surface area (Å²) in [4.78, 5) is 21.0. The number of nitro groups is 1. The van der Waals surface area contributed by atoms with Crippen molar-refractivity contribution in [1.82, 2.24) is 9.78 Å². The third-order valence-electron chi connectivity index (χ3n) is 2.27. The topological polar surface area (TPSA) is 107 Å². The Morgan fingerprint density at radius 1 is 1.53 bits per heavy atom. The quantitative estimate of drug-likeness (QED) is 0.665. The monoisotopic (exact) mass is 263 g/mol. The van der Waals surface area contributed by atoms with Gasteiger partial charge in [0.15, 0.2) is 0 Å². The molecule has 2 rings (SSSR count). The van der Waals surface area contributed by atoms with E-state index < -0.39 is 10.9 Å². The number of rotatable bonds is 4.